The van der Waals surface area contributed by atoms with Gasteiger partial charge in [0.1, 0.15) is 4.88 Å². The average Bonchev–Trinajstić information content (AvgIpc) is 2.08. The summed E-state index contributed by atoms with van der Waals surface area (Å²) in [7, 11) is 0. The van der Waals surface area contributed by atoms with Gasteiger partial charge in [0.2, 0.25) is 0 Å². The van der Waals surface area contributed by atoms with Crippen molar-refractivity contribution in [3.63, 3.8) is 0 Å². The molecule has 1 aromatic heterocycles. The minimum Gasteiger partial charge on any atom is -0.253 e. The van der Waals surface area contributed by atoms with Gasteiger partial charge in [0.05, 0.1) is 11.7 Å². The third-order valence-electron chi connectivity index (χ3n) is 0.712. The van der Waals surface area contributed by atoms with Gasteiger partial charge in [0.25, 0.3) is 0 Å². The van der Waals surface area contributed by atoms with Gasteiger partial charge in [-0.05, 0) is 0 Å². The second kappa shape index (κ2) is 1.98. The van der Waals surface area contributed by atoms with Crippen LogP contribution in [0.4, 0.5) is 13.2 Å². The summed E-state index contributed by atoms with van der Waals surface area (Å²) in [5, 5.41) is 0. The first-order chi connectivity index (χ1) is 4.11. The maximum Gasteiger partial charge on any atom is 0.427 e. The fraction of sp³-hybridized carbons (Fsp3) is 0.250. The van der Waals surface area contributed by atoms with Gasteiger partial charge in [-0.3, -0.25) is 4.98 Å². The van der Waals surface area contributed by atoms with Gasteiger partial charge in [-0.25, -0.2) is 0 Å². The van der Waals surface area contributed by atoms with E-state index in [-0.39, 0.29) is 0 Å². The summed E-state index contributed by atoms with van der Waals surface area (Å²) < 4.78 is 34.8. The zero-order chi connectivity index (χ0) is 6.91. The summed E-state index contributed by atoms with van der Waals surface area (Å²) in [5.74, 6) is 0. The van der Waals surface area contributed by atoms with E-state index in [1.807, 2.05) is 0 Å². The van der Waals surface area contributed by atoms with Crippen molar-refractivity contribution in [2.24, 2.45) is 0 Å². The normalized spacial score (nSPS) is 11.9. The molecule has 0 spiro atoms. The highest BCUT2D eigenvalue weighted by Crippen LogP contribution is 2.31. The van der Waals surface area contributed by atoms with Crippen molar-refractivity contribution in [1.82, 2.24) is 4.98 Å². The van der Waals surface area contributed by atoms with Gasteiger partial charge in [0.15, 0.2) is 0 Å². The van der Waals surface area contributed by atoms with Crippen molar-refractivity contribution in [3.05, 3.63) is 16.6 Å². The predicted octanol–water partition coefficient (Wildman–Crippen LogP) is 2.16. The van der Waals surface area contributed by atoms with E-state index in [4.69, 9.17) is 0 Å². The molecule has 9 heavy (non-hydrogen) atoms. The molecule has 1 aromatic rings. The van der Waals surface area contributed by atoms with Crippen LogP contribution < -0.4 is 0 Å². The number of halogens is 3. The first kappa shape index (κ1) is 6.54. The van der Waals surface area contributed by atoms with Crippen LogP contribution in [0.3, 0.4) is 0 Å². The lowest BCUT2D eigenvalue weighted by Crippen LogP contribution is -2.00. The molecule has 0 amide bonds. The number of aromatic nitrogens is 1. The third-order valence-corrected chi connectivity index (χ3v) is 1.53. The highest BCUT2D eigenvalue weighted by atomic mass is 32.1. The molecule has 0 aliphatic carbocycles. The second-order valence-corrected chi connectivity index (χ2v) is 2.25. The highest BCUT2D eigenvalue weighted by Gasteiger charge is 2.31. The van der Waals surface area contributed by atoms with E-state index >= 15 is 0 Å². The zero-order valence-corrected chi connectivity index (χ0v) is 4.96. The van der Waals surface area contributed by atoms with Crippen LogP contribution >= 0.6 is 11.3 Å². The SMILES string of the molecule is FC(F)(F)c1cncs1. The van der Waals surface area contributed by atoms with Gasteiger partial charge in [-0.2, -0.15) is 13.2 Å². The Morgan fingerprint density at radius 1 is 1.44 bits per heavy atom. The van der Waals surface area contributed by atoms with Crippen LogP contribution in [-0.2, 0) is 6.18 Å². The van der Waals surface area contributed by atoms with E-state index in [0.29, 0.717) is 11.3 Å². The predicted molar refractivity (Wildman–Crippen MR) is 27.1 cm³/mol. The summed E-state index contributed by atoms with van der Waals surface area (Å²) in [6.07, 6.45) is -3.41. The average molecular weight is 153 g/mol. The molecule has 1 rings (SSSR count). The number of hydrogen-bond donors (Lipinski definition) is 0. The van der Waals surface area contributed by atoms with Crippen molar-refractivity contribution in [3.8, 4) is 0 Å². The number of hydrogen-bond acceptors (Lipinski definition) is 2. The van der Waals surface area contributed by atoms with Crippen molar-refractivity contribution in [2.75, 3.05) is 0 Å². The smallest absolute Gasteiger partial charge is 0.253 e. The van der Waals surface area contributed by atoms with E-state index in [0.717, 1.165) is 11.7 Å². The number of rotatable bonds is 0. The maximum absolute atomic E-state index is 11.6. The molecule has 0 aromatic carbocycles. The second-order valence-electron chi connectivity index (χ2n) is 1.36. The van der Waals surface area contributed by atoms with Gasteiger partial charge < -0.3 is 0 Å². The van der Waals surface area contributed by atoms with E-state index in [1.165, 1.54) is 0 Å². The first-order valence-corrected chi connectivity index (χ1v) is 2.94. The van der Waals surface area contributed by atoms with E-state index in [1.54, 1.807) is 0 Å². The number of nitrogens with zero attached hydrogens (tertiary/aromatic N) is 1. The Bertz CT molecular complexity index is 178. The molecule has 0 fully saturated rings. The number of thiazole rings is 1. The Balaban J connectivity index is 2.90. The minimum atomic E-state index is -4.22. The molecule has 1 heterocycles. The Hall–Kier alpha value is -0.580. The van der Waals surface area contributed by atoms with Crippen LogP contribution in [0.1, 0.15) is 4.88 Å². The first-order valence-electron chi connectivity index (χ1n) is 2.06. The molecule has 0 unspecified atom stereocenters. The van der Waals surface area contributed by atoms with Crippen molar-refractivity contribution < 1.29 is 13.2 Å². The molecule has 0 saturated carbocycles. The lowest BCUT2D eigenvalue weighted by molar-refractivity contribution is -0.134. The van der Waals surface area contributed by atoms with Crippen LogP contribution in [0.5, 0.6) is 0 Å². The van der Waals surface area contributed by atoms with E-state index in [9.17, 15) is 13.2 Å². The van der Waals surface area contributed by atoms with Crippen molar-refractivity contribution >= 4 is 11.3 Å². The molecular formula is C4H2F3NS. The van der Waals surface area contributed by atoms with Gasteiger partial charge in [-0.15, -0.1) is 11.3 Å². The molecule has 1 nitrogen and oxygen atoms in total. The lowest BCUT2D eigenvalue weighted by atomic mass is 10.5. The van der Waals surface area contributed by atoms with Crippen LogP contribution in [0.2, 0.25) is 0 Å². The molecule has 0 aliphatic rings. The molecular weight excluding hydrogens is 151 g/mol. The Morgan fingerprint density at radius 3 is 2.33 bits per heavy atom. The summed E-state index contributed by atoms with van der Waals surface area (Å²) in [6, 6.07) is 0. The monoisotopic (exact) mass is 153 g/mol. The molecule has 0 atom stereocenters. The fourth-order valence-electron chi connectivity index (χ4n) is 0.356. The third kappa shape index (κ3) is 1.41. The van der Waals surface area contributed by atoms with Gasteiger partial charge in [-0.1, -0.05) is 0 Å². The summed E-state index contributed by atoms with van der Waals surface area (Å²) in [4.78, 5) is 2.64. The Morgan fingerprint density at radius 2 is 2.11 bits per heavy atom. The molecule has 0 aliphatic heterocycles. The van der Waals surface area contributed by atoms with E-state index < -0.39 is 11.1 Å². The standard InChI is InChI=1S/C4H2F3NS/c5-4(6,7)3-1-8-2-9-3/h1-2H. The minimum absolute atomic E-state index is 0.594. The highest BCUT2D eigenvalue weighted by molar-refractivity contribution is 7.09. The van der Waals surface area contributed by atoms with Gasteiger partial charge in [0, 0.05) is 0 Å². The fourth-order valence-corrected chi connectivity index (χ4v) is 0.846. The summed E-state index contributed by atoms with van der Waals surface area (Å²) in [6.45, 7) is 0. The van der Waals surface area contributed by atoms with E-state index in [2.05, 4.69) is 4.98 Å². The lowest BCUT2D eigenvalue weighted by Gasteiger charge is -1.98. The van der Waals surface area contributed by atoms with Crippen molar-refractivity contribution in [2.45, 2.75) is 6.18 Å². The maximum atomic E-state index is 11.6. The molecule has 0 N–H and O–H groups in total. The van der Waals surface area contributed by atoms with Crippen molar-refractivity contribution in [1.29, 1.82) is 0 Å². The molecule has 50 valence electrons. The van der Waals surface area contributed by atoms with Crippen LogP contribution in [0, 0.1) is 0 Å². The molecule has 5 heteroatoms. The van der Waals surface area contributed by atoms with Gasteiger partial charge >= 0.3 is 6.18 Å². The summed E-state index contributed by atoms with van der Waals surface area (Å²) in [5.41, 5.74) is 1.16. The largest absolute Gasteiger partial charge is 0.427 e. The Labute approximate surface area is 53.2 Å². The topological polar surface area (TPSA) is 12.9 Å². The number of alkyl halides is 3. The zero-order valence-electron chi connectivity index (χ0n) is 4.14. The molecule has 0 radical (unpaired) electrons. The Kier molecular flexibility index (Phi) is 1.44. The van der Waals surface area contributed by atoms with Crippen LogP contribution in [-0.4, -0.2) is 4.98 Å². The molecule has 0 saturated heterocycles. The van der Waals surface area contributed by atoms with Crippen LogP contribution in [0.15, 0.2) is 11.7 Å². The molecule has 0 bridgehead atoms. The summed E-state index contributed by atoms with van der Waals surface area (Å²) >= 11 is 0.594. The quantitative estimate of drug-likeness (QED) is 0.556. The van der Waals surface area contributed by atoms with Crippen LogP contribution in [0.25, 0.3) is 0 Å².